The monoisotopic (exact) mass is 157 g/mol. The van der Waals surface area contributed by atoms with Crippen LogP contribution in [0.1, 0.15) is 37.1 Å². The molecule has 0 spiro atoms. The molecule has 0 saturated heterocycles. The molecule has 2 heteroatoms. The molecule has 0 unspecified atom stereocenters. The van der Waals surface area contributed by atoms with Gasteiger partial charge in [-0.2, -0.15) is 0 Å². The Morgan fingerprint density at radius 3 is 2.30 bits per heavy atom. The van der Waals surface area contributed by atoms with Gasteiger partial charge in [0.15, 0.2) is 0 Å². The summed E-state index contributed by atoms with van der Waals surface area (Å²) in [7, 11) is 0. The number of nitrogens with zero attached hydrogens (tertiary/aromatic N) is 1. The third-order valence-corrected chi connectivity index (χ3v) is 2.35. The number of thiazole rings is 1. The Morgan fingerprint density at radius 1 is 1.50 bits per heavy atom. The van der Waals surface area contributed by atoms with Crippen LogP contribution < -0.4 is 0 Å². The second-order valence-electron chi connectivity index (χ2n) is 2.46. The van der Waals surface area contributed by atoms with E-state index in [1.54, 1.807) is 11.3 Å². The maximum Gasteiger partial charge on any atom is 0.0952 e. The average Bonchev–Trinajstić information content (AvgIpc) is 2.14. The van der Waals surface area contributed by atoms with E-state index in [1.807, 2.05) is 6.20 Å². The second-order valence-corrected chi connectivity index (χ2v) is 3.73. The Morgan fingerprint density at radius 2 is 2.10 bits per heavy atom. The smallest absolute Gasteiger partial charge is 0.0952 e. The lowest BCUT2D eigenvalue weighted by Gasteiger charge is -1.94. The van der Waals surface area contributed by atoms with Gasteiger partial charge in [-0.1, -0.05) is 21.3 Å². The molecule has 0 saturated carbocycles. The van der Waals surface area contributed by atoms with Crippen molar-refractivity contribution in [3.8, 4) is 0 Å². The first-order valence-corrected chi connectivity index (χ1v) is 3.94. The largest absolute Gasteiger partial charge is 0.249 e. The summed E-state index contributed by atoms with van der Waals surface area (Å²) in [5.41, 5.74) is 0. The molecular weight excluding hydrogens is 142 g/mol. The summed E-state index contributed by atoms with van der Waals surface area (Å²) in [6.07, 6.45) is 1.93. The normalized spacial score (nSPS) is 9.60. The predicted octanol–water partition coefficient (Wildman–Crippen LogP) is 3.21. The van der Waals surface area contributed by atoms with Crippen LogP contribution in [0.3, 0.4) is 0 Å². The Bertz CT molecular complexity index is 191. The van der Waals surface area contributed by atoms with Crippen LogP contribution in [0.4, 0.5) is 0 Å². The predicted molar refractivity (Wildman–Crippen MR) is 47.7 cm³/mol. The molecule has 0 aliphatic carbocycles. The van der Waals surface area contributed by atoms with E-state index in [9.17, 15) is 0 Å². The number of hydrogen-bond donors (Lipinski definition) is 0. The van der Waals surface area contributed by atoms with E-state index in [0.29, 0.717) is 5.92 Å². The quantitative estimate of drug-likeness (QED) is 0.610. The highest BCUT2D eigenvalue weighted by Crippen LogP contribution is 2.19. The molecule has 0 N–H and O–H groups in total. The number of aryl methyl sites for hydroxylation is 1. The maximum atomic E-state index is 4.23. The van der Waals surface area contributed by atoms with Crippen LogP contribution in [0.2, 0.25) is 0 Å². The number of rotatable bonds is 1. The van der Waals surface area contributed by atoms with Gasteiger partial charge in [0, 0.05) is 17.0 Å². The summed E-state index contributed by atoms with van der Waals surface area (Å²) in [5, 5.41) is 1.24. The second kappa shape index (κ2) is 3.71. The molecule has 0 aliphatic heterocycles. The van der Waals surface area contributed by atoms with Gasteiger partial charge in [0.2, 0.25) is 0 Å². The van der Waals surface area contributed by atoms with E-state index in [0.717, 1.165) is 0 Å². The van der Waals surface area contributed by atoms with E-state index < -0.39 is 0 Å². The Labute approximate surface area is 67.1 Å². The average molecular weight is 157 g/mol. The van der Waals surface area contributed by atoms with Crippen molar-refractivity contribution in [1.29, 1.82) is 0 Å². The fourth-order valence-electron chi connectivity index (χ4n) is 0.639. The molecule has 0 radical (unpaired) electrons. The molecule has 1 nitrogen and oxygen atoms in total. The third-order valence-electron chi connectivity index (χ3n) is 1.13. The zero-order valence-corrected chi connectivity index (χ0v) is 6.83. The first kappa shape index (κ1) is 9.63. The molecule has 0 aromatic carbocycles. The van der Waals surface area contributed by atoms with Crippen molar-refractivity contribution in [1.82, 2.24) is 4.98 Å². The van der Waals surface area contributed by atoms with Crippen molar-refractivity contribution < 1.29 is 0 Å². The first-order chi connectivity index (χ1) is 4.20. The first-order valence-electron chi connectivity index (χ1n) is 3.12. The minimum absolute atomic E-state index is 0. The van der Waals surface area contributed by atoms with E-state index in [4.69, 9.17) is 0 Å². The lowest BCUT2D eigenvalue weighted by Crippen LogP contribution is -1.81. The summed E-state index contributed by atoms with van der Waals surface area (Å²) in [5.74, 6) is 0.587. The van der Waals surface area contributed by atoms with Crippen LogP contribution in [-0.4, -0.2) is 4.98 Å². The molecule has 0 fully saturated rings. The lowest BCUT2D eigenvalue weighted by molar-refractivity contribution is 0.852. The molecule has 0 aliphatic rings. The van der Waals surface area contributed by atoms with Crippen molar-refractivity contribution in [2.75, 3.05) is 0 Å². The summed E-state index contributed by atoms with van der Waals surface area (Å²) in [4.78, 5) is 5.54. The van der Waals surface area contributed by atoms with Crippen LogP contribution in [-0.2, 0) is 0 Å². The molecule has 58 valence electrons. The standard InChI is InChI=1S/C7H11NS.CH4/c1-5(2)7-8-4-6(3)9-7;/h4-5H,1-3H3;1H4. The molecule has 1 aromatic heterocycles. The minimum Gasteiger partial charge on any atom is -0.249 e. The summed E-state index contributed by atoms with van der Waals surface area (Å²) in [6.45, 7) is 6.42. The topological polar surface area (TPSA) is 12.9 Å². The summed E-state index contributed by atoms with van der Waals surface area (Å²) in [6, 6.07) is 0. The Kier molecular flexibility index (Phi) is 3.58. The van der Waals surface area contributed by atoms with E-state index in [1.165, 1.54) is 9.88 Å². The van der Waals surface area contributed by atoms with E-state index in [-0.39, 0.29) is 7.43 Å². The molecule has 1 aromatic rings. The van der Waals surface area contributed by atoms with Crippen molar-refractivity contribution in [3.05, 3.63) is 16.1 Å². The van der Waals surface area contributed by atoms with Crippen molar-refractivity contribution in [3.63, 3.8) is 0 Å². The molecule has 10 heavy (non-hydrogen) atoms. The van der Waals surface area contributed by atoms with E-state index >= 15 is 0 Å². The van der Waals surface area contributed by atoms with Gasteiger partial charge in [-0.3, -0.25) is 0 Å². The molecule has 0 amide bonds. The zero-order chi connectivity index (χ0) is 6.85. The molecule has 1 rings (SSSR count). The number of aromatic nitrogens is 1. The van der Waals surface area contributed by atoms with E-state index in [2.05, 4.69) is 25.8 Å². The minimum atomic E-state index is 0. The zero-order valence-electron chi connectivity index (χ0n) is 6.01. The van der Waals surface area contributed by atoms with Gasteiger partial charge in [0.25, 0.3) is 0 Å². The van der Waals surface area contributed by atoms with Crippen LogP contribution in [0.5, 0.6) is 0 Å². The highest BCUT2D eigenvalue weighted by Gasteiger charge is 2.01. The van der Waals surface area contributed by atoms with Crippen LogP contribution in [0.15, 0.2) is 6.20 Å². The highest BCUT2D eigenvalue weighted by molar-refractivity contribution is 7.11. The molecule has 0 atom stereocenters. The van der Waals surface area contributed by atoms with Gasteiger partial charge >= 0.3 is 0 Å². The van der Waals surface area contributed by atoms with Crippen LogP contribution >= 0.6 is 11.3 Å². The SMILES string of the molecule is C.Cc1cnc(C(C)C)s1. The van der Waals surface area contributed by atoms with Crippen LogP contribution in [0.25, 0.3) is 0 Å². The third kappa shape index (κ3) is 2.10. The van der Waals surface area contributed by atoms with Gasteiger partial charge in [0.1, 0.15) is 0 Å². The molecule has 1 heterocycles. The molecular formula is C8H15NS. The Hall–Kier alpha value is -0.370. The fourth-order valence-corrected chi connectivity index (χ4v) is 1.42. The fraction of sp³-hybridized carbons (Fsp3) is 0.625. The van der Waals surface area contributed by atoms with Crippen molar-refractivity contribution in [2.45, 2.75) is 34.1 Å². The lowest BCUT2D eigenvalue weighted by atomic mass is 10.2. The molecule has 0 bridgehead atoms. The van der Waals surface area contributed by atoms with Crippen molar-refractivity contribution >= 4 is 11.3 Å². The van der Waals surface area contributed by atoms with Gasteiger partial charge in [-0.25, -0.2) is 4.98 Å². The summed E-state index contributed by atoms with van der Waals surface area (Å²) >= 11 is 1.78. The highest BCUT2D eigenvalue weighted by atomic mass is 32.1. The maximum absolute atomic E-state index is 4.23. The van der Waals surface area contributed by atoms with Gasteiger partial charge in [0.05, 0.1) is 5.01 Å². The van der Waals surface area contributed by atoms with Gasteiger partial charge in [-0.05, 0) is 6.92 Å². The van der Waals surface area contributed by atoms with Gasteiger partial charge < -0.3 is 0 Å². The Balaban J connectivity index is 0.000000810. The summed E-state index contributed by atoms with van der Waals surface area (Å²) < 4.78 is 0. The van der Waals surface area contributed by atoms with Crippen molar-refractivity contribution in [2.24, 2.45) is 0 Å². The van der Waals surface area contributed by atoms with Crippen LogP contribution in [0, 0.1) is 6.92 Å². The van der Waals surface area contributed by atoms with Gasteiger partial charge in [-0.15, -0.1) is 11.3 Å². The number of hydrogen-bond acceptors (Lipinski definition) is 2.